The van der Waals surface area contributed by atoms with Gasteiger partial charge in [-0.1, -0.05) is 12.1 Å². The average molecular weight is 457 g/mol. The SMILES string of the molecule is Br.O=C(CN1C2=NCCCN2c2ccccc21)c1ccc(Br)s1. The van der Waals surface area contributed by atoms with Gasteiger partial charge in [0.15, 0.2) is 5.78 Å². The number of ketones is 1. The van der Waals surface area contributed by atoms with Gasteiger partial charge in [0.2, 0.25) is 5.96 Å². The van der Waals surface area contributed by atoms with Gasteiger partial charge in [0, 0.05) is 13.1 Å². The van der Waals surface area contributed by atoms with Crippen molar-refractivity contribution in [1.82, 2.24) is 0 Å². The van der Waals surface area contributed by atoms with Crippen molar-refractivity contribution in [1.29, 1.82) is 0 Å². The number of Topliss-reactive ketones (excluding diaryl/α,β-unsaturated/α-hetero) is 1. The summed E-state index contributed by atoms with van der Waals surface area (Å²) in [6, 6.07) is 12.0. The summed E-state index contributed by atoms with van der Waals surface area (Å²) >= 11 is 4.89. The monoisotopic (exact) mass is 455 g/mol. The van der Waals surface area contributed by atoms with Crippen molar-refractivity contribution >= 4 is 67.4 Å². The first-order valence-electron chi connectivity index (χ1n) is 7.21. The molecule has 0 N–H and O–H groups in total. The molecule has 4 rings (SSSR count). The lowest BCUT2D eigenvalue weighted by atomic mass is 10.2. The standard InChI is InChI=1S/C16H14BrN3OS.BrH/c17-15-7-6-14(22-15)13(21)10-20-12-5-2-1-4-11(12)19-9-3-8-18-16(19)20;/h1-2,4-7H,3,8-10H2;1H. The van der Waals surface area contributed by atoms with Crippen molar-refractivity contribution in [2.75, 3.05) is 29.4 Å². The Balaban J connectivity index is 0.00000156. The van der Waals surface area contributed by atoms with Crippen LogP contribution < -0.4 is 9.80 Å². The Hall–Kier alpha value is -1.18. The minimum absolute atomic E-state index is 0. The van der Waals surface area contributed by atoms with Crippen LogP contribution in [0.25, 0.3) is 0 Å². The van der Waals surface area contributed by atoms with E-state index in [-0.39, 0.29) is 22.8 Å². The summed E-state index contributed by atoms with van der Waals surface area (Å²) in [5.74, 6) is 1.04. The summed E-state index contributed by atoms with van der Waals surface area (Å²) in [5.41, 5.74) is 2.23. The van der Waals surface area contributed by atoms with Gasteiger partial charge in [-0.15, -0.1) is 28.3 Å². The van der Waals surface area contributed by atoms with Crippen molar-refractivity contribution in [3.05, 3.63) is 45.1 Å². The van der Waals surface area contributed by atoms with E-state index in [0.717, 1.165) is 45.5 Å². The van der Waals surface area contributed by atoms with Crippen LogP contribution in [0.2, 0.25) is 0 Å². The number of guanidine groups is 1. The Morgan fingerprint density at radius 2 is 2.00 bits per heavy atom. The highest BCUT2D eigenvalue weighted by Crippen LogP contribution is 2.38. The van der Waals surface area contributed by atoms with Crippen molar-refractivity contribution in [3.8, 4) is 0 Å². The first-order chi connectivity index (χ1) is 10.7. The van der Waals surface area contributed by atoms with E-state index in [2.05, 4.69) is 38.0 Å². The van der Waals surface area contributed by atoms with Gasteiger partial charge in [0.1, 0.15) is 0 Å². The third-order valence-corrected chi connectivity index (χ3v) is 5.55. The maximum absolute atomic E-state index is 12.6. The van der Waals surface area contributed by atoms with Gasteiger partial charge in [-0.2, -0.15) is 0 Å². The lowest BCUT2D eigenvalue weighted by Crippen LogP contribution is -2.43. The lowest BCUT2D eigenvalue weighted by molar-refractivity contribution is 0.101. The molecule has 0 unspecified atom stereocenters. The molecule has 1 aromatic heterocycles. The molecule has 7 heteroatoms. The highest BCUT2D eigenvalue weighted by atomic mass is 79.9. The van der Waals surface area contributed by atoms with Crippen molar-refractivity contribution in [2.24, 2.45) is 4.99 Å². The van der Waals surface area contributed by atoms with Crippen molar-refractivity contribution in [3.63, 3.8) is 0 Å². The molecule has 2 aliphatic heterocycles. The molecule has 23 heavy (non-hydrogen) atoms. The molecule has 0 fully saturated rings. The third kappa shape index (κ3) is 2.97. The molecule has 1 aromatic carbocycles. The first kappa shape index (κ1) is 16.7. The normalized spacial score (nSPS) is 15.6. The number of benzene rings is 1. The fourth-order valence-electron chi connectivity index (χ4n) is 2.92. The fourth-order valence-corrected chi connectivity index (χ4v) is 4.24. The minimum Gasteiger partial charge on any atom is -0.310 e. The predicted octanol–water partition coefficient (Wildman–Crippen LogP) is 4.36. The molecule has 0 saturated heterocycles. The number of fused-ring (bicyclic) bond motifs is 3. The summed E-state index contributed by atoms with van der Waals surface area (Å²) in [6.07, 6.45) is 1.05. The van der Waals surface area contributed by atoms with Crippen LogP contribution in [0, 0.1) is 0 Å². The second-order valence-corrected chi connectivity index (χ2v) is 7.75. The Morgan fingerprint density at radius 1 is 1.22 bits per heavy atom. The van der Waals surface area contributed by atoms with Gasteiger partial charge in [0.05, 0.1) is 26.6 Å². The van der Waals surface area contributed by atoms with E-state index >= 15 is 0 Å². The Morgan fingerprint density at radius 3 is 2.74 bits per heavy atom. The number of rotatable bonds is 3. The predicted molar refractivity (Wildman–Crippen MR) is 105 cm³/mol. The summed E-state index contributed by atoms with van der Waals surface area (Å²) in [5, 5.41) is 0. The molecule has 0 saturated carbocycles. The number of hydrogen-bond donors (Lipinski definition) is 0. The molecule has 2 aliphatic rings. The van der Waals surface area contributed by atoms with Gasteiger partial charge in [-0.05, 0) is 46.6 Å². The van der Waals surface area contributed by atoms with E-state index < -0.39 is 0 Å². The number of para-hydroxylation sites is 2. The molecular weight excluding hydrogens is 442 g/mol. The highest BCUT2D eigenvalue weighted by Gasteiger charge is 2.34. The lowest BCUT2D eigenvalue weighted by Gasteiger charge is -2.26. The Bertz CT molecular complexity index is 774. The number of aliphatic imine (C=N–C) groups is 1. The van der Waals surface area contributed by atoms with E-state index in [1.807, 2.05) is 29.2 Å². The number of anilines is 2. The van der Waals surface area contributed by atoms with Gasteiger partial charge in [-0.25, -0.2) is 0 Å². The number of hydrogen-bond acceptors (Lipinski definition) is 5. The van der Waals surface area contributed by atoms with Gasteiger partial charge in [-0.3, -0.25) is 9.79 Å². The summed E-state index contributed by atoms with van der Waals surface area (Å²) in [6.45, 7) is 2.12. The molecule has 0 radical (unpaired) electrons. The molecule has 0 spiro atoms. The van der Waals surface area contributed by atoms with E-state index in [4.69, 9.17) is 0 Å². The summed E-state index contributed by atoms with van der Waals surface area (Å²) in [7, 11) is 0. The van der Waals surface area contributed by atoms with Crippen LogP contribution in [0.5, 0.6) is 0 Å². The zero-order chi connectivity index (χ0) is 15.1. The largest absolute Gasteiger partial charge is 0.310 e. The minimum atomic E-state index is 0. The topological polar surface area (TPSA) is 35.9 Å². The van der Waals surface area contributed by atoms with Crippen molar-refractivity contribution < 1.29 is 4.79 Å². The van der Waals surface area contributed by atoms with Gasteiger partial charge >= 0.3 is 0 Å². The molecule has 0 bridgehead atoms. The molecule has 0 amide bonds. The van der Waals surface area contributed by atoms with Crippen LogP contribution in [0.4, 0.5) is 11.4 Å². The van der Waals surface area contributed by atoms with Crippen LogP contribution in [0.15, 0.2) is 45.2 Å². The number of carbonyl (C=O) groups is 1. The maximum Gasteiger partial charge on any atom is 0.206 e. The summed E-state index contributed by atoms with van der Waals surface area (Å²) < 4.78 is 0.981. The van der Waals surface area contributed by atoms with E-state index in [1.54, 1.807) is 0 Å². The highest BCUT2D eigenvalue weighted by molar-refractivity contribution is 9.11. The Kier molecular flexibility index (Phi) is 4.89. The second kappa shape index (κ2) is 6.75. The fraction of sp³-hybridized carbons (Fsp3) is 0.250. The number of halogens is 2. The first-order valence-corrected chi connectivity index (χ1v) is 8.82. The maximum atomic E-state index is 12.6. The number of nitrogens with zero attached hydrogens (tertiary/aromatic N) is 3. The van der Waals surface area contributed by atoms with Crippen LogP contribution in [0.1, 0.15) is 16.1 Å². The molecule has 120 valence electrons. The molecule has 4 nitrogen and oxygen atoms in total. The van der Waals surface area contributed by atoms with Crippen molar-refractivity contribution in [2.45, 2.75) is 6.42 Å². The van der Waals surface area contributed by atoms with Crippen LogP contribution in [-0.2, 0) is 0 Å². The molecular formula is C16H15Br2N3OS. The number of thiophene rings is 1. The van der Waals surface area contributed by atoms with E-state index in [0.29, 0.717) is 6.54 Å². The third-order valence-electron chi connectivity index (χ3n) is 3.89. The number of carbonyl (C=O) groups excluding carboxylic acids is 1. The Labute approximate surface area is 157 Å². The second-order valence-electron chi connectivity index (χ2n) is 5.29. The molecule has 3 heterocycles. The average Bonchev–Trinajstić information content (AvgIpc) is 3.11. The summed E-state index contributed by atoms with van der Waals surface area (Å²) in [4.78, 5) is 22.3. The van der Waals surface area contributed by atoms with Gasteiger partial charge in [0.25, 0.3) is 0 Å². The van der Waals surface area contributed by atoms with Gasteiger partial charge < -0.3 is 9.80 Å². The van der Waals surface area contributed by atoms with E-state index in [1.165, 1.54) is 11.3 Å². The zero-order valence-electron chi connectivity index (χ0n) is 12.2. The smallest absolute Gasteiger partial charge is 0.206 e. The molecule has 2 aromatic rings. The van der Waals surface area contributed by atoms with E-state index in [9.17, 15) is 4.79 Å². The van der Waals surface area contributed by atoms with Crippen LogP contribution >= 0.6 is 44.2 Å². The molecule has 0 atom stereocenters. The van der Waals surface area contributed by atoms with Crippen LogP contribution in [0.3, 0.4) is 0 Å². The molecule has 0 aliphatic carbocycles. The van der Waals surface area contributed by atoms with Crippen LogP contribution in [-0.4, -0.2) is 31.4 Å². The quantitative estimate of drug-likeness (QED) is 0.643. The zero-order valence-corrected chi connectivity index (χ0v) is 16.4.